The second-order valence-corrected chi connectivity index (χ2v) is 4.46. The van der Waals surface area contributed by atoms with Crippen molar-refractivity contribution in [3.8, 4) is 5.75 Å². The molecule has 0 unspecified atom stereocenters. The molecule has 0 bridgehead atoms. The number of halogens is 1. The van der Waals surface area contributed by atoms with Crippen LogP contribution in [0.25, 0.3) is 0 Å². The number of benzene rings is 1. The van der Waals surface area contributed by atoms with Crippen molar-refractivity contribution in [2.45, 2.75) is 33.2 Å². The van der Waals surface area contributed by atoms with Crippen LogP contribution >= 0.6 is 12.4 Å². The Labute approximate surface area is 110 Å². The lowest BCUT2D eigenvalue weighted by atomic mass is 9.97. The molecule has 0 radical (unpaired) electrons. The normalized spacial score (nSPS) is 11.6. The van der Waals surface area contributed by atoms with Crippen LogP contribution in [-0.4, -0.2) is 7.11 Å². The summed E-state index contributed by atoms with van der Waals surface area (Å²) >= 11 is 0. The van der Waals surface area contributed by atoms with Gasteiger partial charge in [-0.1, -0.05) is 17.7 Å². The summed E-state index contributed by atoms with van der Waals surface area (Å²) in [6.45, 7) is 9.99. The Kier molecular flexibility index (Phi) is 6.29. The van der Waals surface area contributed by atoms with Crippen LogP contribution in [0.5, 0.6) is 5.75 Å². The van der Waals surface area contributed by atoms with Crippen LogP contribution in [0, 0.1) is 13.8 Å². The van der Waals surface area contributed by atoms with E-state index in [0.717, 1.165) is 34.4 Å². The van der Waals surface area contributed by atoms with E-state index >= 15 is 0 Å². The van der Waals surface area contributed by atoms with Crippen LogP contribution in [-0.2, 0) is 0 Å². The van der Waals surface area contributed by atoms with Gasteiger partial charge in [0, 0.05) is 6.04 Å². The maximum absolute atomic E-state index is 6.12. The summed E-state index contributed by atoms with van der Waals surface area (Å²) in [5, 5.41) is 0. The third-order valence-corrected chi connectivity index (χ3v) is 2.68. The molecule has 1 rings (SSSR count). The summed E-state index contributed by atoms with van der Waals surface area (Å²) in [4.78, 5) is 0. The number of ether oxygens (including phenoxy) is 1. The highest BCUT2D eigenvalue weighted by atomic mass is 35.5. The number of aryl methyl sites for hydroxylation is 2. The van der Waals surface area contributed by atoms with Crippen molar-refractivity contribution < 1.29 is 4.74 Å². The fourth-order valence-electron chi connectivity index (χ4n) is 2.01. The van der Waals surface area contributed by atoms with Gasteiger partial charge in [-0.2, -0.15) is 0 Å². The zero-order chi connectivity index (χ0) is 12.3. The minimum atomic E-state index is 0. The largest absolute Gasteiger partial charge is 0.496 e. The van der Waals surface area contributed by atoms with Gasteiger partial charge in [0.05, 0.1) is 7.11 Å². The van der Waals surface area contributed by atoms with Gasteiger partial charge < -0.3 is 10.5 Å². The van der Waals surface area contributed by atoms with Crippen molar-refractivity contribution in [1.29, 1.82) is 0 Å². The second-order valence-electron chi connectivity index (χ2n) is 4.46. The molecule has 1 atom stereocenters. The molecule has 1 aromatic carbocycles. The SMILES string of the molecule is C=C(C)C[C@@H](N)c1cc(C)c(OC)c(C)c1.Cl. The zero-order valence-corrected chi connectivity index (χ0v) is 11.9. The molecule has 0 aromatic heterocycles. The first-order valence-electron chi connectivity index (χ1n) is 5.50. The molecule has 0 aliphatic heterocycles. The zero-order valence-electron chi connectivity index (χ0n) is 11.0. The Balaban J connectivity index is 0.00000256. The highest BCUT2D eigenvalue weighted by molar-refractivity contribution is 5.85. The number of rotatable bonds is 4. The summed E-state index contributed by atoms with van der Waals surface area (Å²) in [6.07, 6.45) is 0.825. The Morgan fingerprint density at radius 3 is 2.18 bits per heavy atom. The van der Waals surface area contributed by atoms with Crippen molar-refractivity contribution in [2.75, 3.05) is 7.11 Å². The van der Waals surface area contributed by atoms with E-state index in [1.165, 1.54) is 0 Å². The average molecular weight is 256 g/mol. The molecule has 0 heterocycles. The lowest BCUT2D eigenvalue weighted by Gasteiger charge is -2.16. The monoisotopic (exact) mass is 255 g/mol. The van der Waals surface area contributed by atoms with Crippen molar-refractivity contribution in [3.63, 3.8) is 0 Å². The van der Waals surface area contributed by atoms with E-state index in [1.807, 2.05) is 20.8 Å². The van der Waals surface area contributed by atoms with Gasteiger partial charge in [0.25, 0.3) is 0 Å². The van der Waals surface area contributed by atoms with Gasteiger partial charge >= 0.3 is 0 Å². The fourth-order valence-corrected chi connectivity index (χ4v) is 2.01. The topological polar surface area (TPSA) is 35.2 Å². The maximum Gasteiger partial charge on any atom is 0.124 e. The maximum atomic E-state index is 6.12. The molecule has 1 aromatic rings. The predicted molar refractivity (Wildman–Crippen MR) is 76.1 cm³/mol. The number of hydrogen-bond acceptors (Lipinski definition) is 2. The van der Waals surface area contributed by atoms with Gasteiger partial charge in [-0.05, 0) is 43.9 Å². The van der Waals surface area contributed by atoms with Crippen LogP contribution in [0.1, 0.15) is 36.1 Å². The quantitative estimate of drug-likeness (QED) is 0.833. The van der Waals surface area contributed by atoms with E-state index in [1.54, 1.807) is 7.11 Å². The average Bonchev–Trinajstić information content (AvgIpc) is 2.16. The smallest absolute Gasteiger partial charge is 0.124 e. The minimum absolute atomic E-state index is 0. The van der Waals surface area contributed by atoms with Crippen molar-refractivity contribution in [2.24, 2.45) is 5.73 Å². The molecule has 0 amide bonds. The van der Waals surface area contributed by atoms with E-state index in [2.05, 4.69) is 18.7 Å². The number of nitrogens with two attached hydrogens (primary N) is 1. The van der Waals surface area contributed by atoms with Gasteiger partial charge in [0.15, 0.2) is 0 Å². The second kappa shape index (κ2) is 6.67. The molecule has 2 N–H and O–H groups in total. The summed E-state index contributed by atoms with van der Waals surface area (Å²) in [6, 6.07) is 4.22. The van der Waals surface area contributed by atoms with Gasteiger partial charge in [0.1, 0.15) is 5.75 Å². The van der Waals surface area contributed by atoms with E-state index < -0.39 is 0 Å². The first-order valence-corrected chi connectivity index (χ1v) is 5.50. The van der Waals surface area contributed by atoms with Gasteiger partial charge in [-0.3, -0.25) is 0 Å². The van der Waals surface area contributed by atoms with Crippen molar-refractivity contribution in [1.82, 2.24) is 0 Å². The van der Waals surface area contributed by atoms with Gasteiger partial charge in [-0.25, -0.2) is 0 Å². The third-order valence-electron chi connectivity index (χ3n) is 2.68. The molecule has 0 aliphatic rings. The molecule has 0 fully saturated rings. The Morgan fingerprint density at radius 2 is 1.82 bits per heavy atom. The van der Waals surface area contributed by atoms with E-state index in [0.29, 0.717) is 0 Å². The molecular formula is C14H22ClNO. The molecule has 2 nitrogen and oxygen atoms in total. The molecule has 17 heavy (non-hydrogen) atoms. The molecule has 3 heteroatoms. The number of hydrogen-bond donors (Lipinski definition) is 1. The summed E-state index contributed by atoms with van der Waals surface area (Å²) in [5.41, 5.74) is 10.7. The standard InChI is InChI=1S/C14H21NO.ClH/c1-9(2)6-13(15)12-7-10(3)14(16-5)11(4)8-12;/h7-8,13H,1,6,15H2,2-5H3;1H/t13-;/m1./s1. The molecule has 0 saturated carbocycles. The molecule has 96 valence electrons. The predicted octanol–water partition coefficient (Wildman–Crippen LogP) is 3.70. The summed E-state index contributed by atoms with van der Waals surface area (Å²) in [5.74, 6) is 0.950. The van der Waals surface area contributed by atoms with Crippen LogP contribution in [0.4, 0.5) is 0 Å². The highest BCUT2D eigenvalue weighted by Gasteiger charge is 2.10. The van der Waals surface area contributed by atoms with Crippen LogP contribution in [0.2, 0.25) is 0 Å². The first-order chi connectivity index (χ1) is 7.45. The highest BCUT2D eigenvalue weighted by Crippen LogP contribution is 2.28. The summed E-state index contributed by atoms with van der Waals surface area (Å²) < 4.78 is 5.33. The van der Waals surface area contributed by atoms with Crippen LogP contribution in [0.15, 0.2) is 24.3 Å². The molecule has 0 saturated heterocycles. The molecule has 0 spiro atoms. The summed E-state index contributed by atoms with van der Waals surface area (Å²) in [7, 11) is 1.70. The Bertz CT molecular complexity index is 378. The number of methoxy groups -OCH3 is 1. The third kappa shape index (κ3) is 4.06. The van der Waals surface area contributed by atoms with E-state index in [-0.39, 0.29) is 18.4 Å². The first kappa shape index (κ1) is 16.0. The van der Waals surface area contributed by atoms with Crippen molar-refractivity contribution >= 4 is 12.4 Å². The Morgan fingerprint density at radius 1 is 1.35 bits per heavy atom. The van der Waals surface area contributed by atoms with E-state index in [4.69, 9.17) is 10.5 Å². The minimum Gasteiger partial charge on any atom is -0.496 e. The van der Waals surface area contributed by atoms with Crippen molar-refractivity contribution in [3.05, 3.63) is 41.0 Å². The van der Waals surface area contributed by atoms with Gasteiger partial charge in [0.2, 0.25) is 0 Å². The Hall–Kier alpha value is -0.990. The molecule has 0 aliphatic carbocycles. The van der Waals surface area contributed by atoms with Gasteiger partial charge in [-0.15, -0.1) is 19.0 Å². The van der Waals surface area contributed by atoms with E-state index in [9.17, 15) is 0 Å². The fraction of sp³-hybridized carbons (Fsp3) is 0.429. The van der Waals surface area contributed by atoms with Crippen LogP contribution < -0.4 is 10.5 Å². The lowest BCUT2D eigenvalue weighted by molar-refractivity contribution is 0.408. The van der Waals surface area contributed by atoms with Crippen LogP contribution in [0.3, 0.4) is 0 Å². The molecular weight excluding hydrogens is 234 g/mol. The lowest BCUT2D eigenvalue weighted by Crippen LogP contribution is -2.11.